The number of para-hydroxylation sites is 1. The van der Waals surface area contributed by atoms with Gasteiger partial charge in [-0.05, 0) is 55.5 Å². The van der Waals surface area contributed by atoms with Gasteiger partial charge in [0.25, 0.3) is 5.91 Å². The van der Waals surface area contributed by atoms with Crippen molar-refractivity contribution in [3.63, 3.8) is 0 Å². The molecule has 1 spiro atoms. The van der Waals surface area contributed by atoms with Crippen LogP contribution >= 0.6 is 24.8 Å². The molecule has 5 rings (SSSR count). The van der Waals surface area contributed by atoms with Crippen molar-refractivity contribution in [3.8, 4) is 11.3 Å². The lowest BCUT2D eigenvalue weighted by Crippen LogP contribution is -2.44. The van der Waals surface area contributed by atoms with Gasteiger partial charge < -0.3 is 10.2 Å². The molecule has 0 radical (unpaired) electrons. The SMILES string of the molecule is Cl.Cl.O=C(c1cc(-c2cccnc2)nc2ccccc12)N1CCC2(CCNC2)CC1. The number of piperidine rings is 1. The summed E-state index contributed by atoms with van der Waals surface area (Å²) >= 11 is 0. The molecule has 30 heavy (non-hydrogen) atoms. The third kappa shape index (κ3) is 4.15. The van der Waals surface area contributed by atoms with Crippen LogP contribution in [0.15, 0.2) is 54.9 Å². The van der Waals surface area contributed by atoms with Crippen LogP contribution in [0.1, 0.15) is 29.6 Å². The number of carbonyl (C=O) groups excluding carboxylic acids is 1. The van der Waals surface area contributed by atoms with E-state index in [1.165, 1.54) is 6.42 Å². The van der Waals surface area contributed by atoms with E-state index in [1.54, 1.807) is 12.4 Å². The number of amides is 1. The highest BCUT2D eigenvalue weighted by Crippen LogP contribution is 2.37. The molecule has 2 aliphatic heterocycles. The highest BCUT2D eigenvalue weighted by Gasteiger charge is 2.38. The van der Waals surface area contributed by atoms with E-state index in [-0.39, 0.29) is 30.7 Å². The monoisotopic (exact) mass is 444 g/mol. The van der Waals surface area contributed by atoms with Gasteiger partial charge in [0.2, 0.25) is 0 Å². The zero-order chi connectivity index (χ0) is 19.0. The molecule has 0 bridgehead atoms. The van der Waals surface area contributed by atoms with Crippen LogP contribution in [0.25, 0.3) is 22.2 Å². The van der Waals surface area contributed by atoms with E-state index in [2.05, 4.69) is 10.3 Å². The number of carbonyl (C=O) groups is 1. The van der Waals surface area contributed by atoms with Gasteiger partial charge in [0.15, 0.2) is 0 Å². The van der Waals surface area contributed by atoms with E-state index < -0.39 is 0 Å². The van der Waals surface area contributed by atoms with Crippen LogP contribution in [-0.4, -0.2) is 47.0 Å². The maximum Gasteiger partial charge on any atom is 0.254 e. The number of pyridine rings is 2. The van der Waals surface area contributed by atoms with Crippen LogP contribution in [0.4, 0.5) is 0 Å². The lowest BCUT2D eigenvalue weighted by atomic mass is 9.77. The number of benzene rings is 1. The first-order chi connectivity index (χ1) is 13.7. The Morgan fingerprint density at radius 3 is 2.53 bits per heavy atom. The Labute approximate surface area is 189 Å². The number of likely N-dealkylation sites (tertiary alicyclic amines) is 1. The lowest BCUT2D eigenvalue weighted by Gasteiger charge is -2.39. The maximum atomic E-state index is 13.5. The van der Waals surface area contributed by atoms with Crippen molar-refractivity contribution < 1.29 is 4.79 Å². The van der Waals surface area contributed by atoms with Crippen molar-refractivity contribution in [1.29, 1.82) is 0 Å². The molecule has 1 N–H and O–H groups in total. The normalized spacial score (nSPS) is 17.4. The van der Waals surface area contributed by atoms with Gasteiger partial charge in [-0.15, -0.1) is 24.8 Å². The molecule has 2 aliphatic rings. The predicted molar refractivity (Wildman–Crippen MR) is 125 cm³/mol. The zero-order valence-corrected chi connectivity index (χ0v) is 18.3. The molecule has 2 fully saturated rings. The van der Waals surface area contributed by atoms with Crippen molar-refractivity contribution >= 4 is 41.6 Å². The van der Waals surface area contributed by atoms with Gasteiger partial charge in [0, 0.05) is 43.0 Å². The summed E-state index contributed by atoms with van der Waals surface area (Å²) in [5.41, 5.74) is 3.71. The minimum Gasteiger partial charge on any atom is -0.339 e. The Hall–Kier alpha value is -2.21. The first kappa shape index (κ1) is 22.5. The summed E-state index contributed by atoms with van der Waals surface area (Å²) in [5.74, 6) is 0.115. The summed E-state index contributed by atoms with van der Waals surface area (Å²) in [6.07, 6.45) is 6.95. The third-order valence-corrected chi connectivity index (χ3v) is 6.35. The maximum absolute atomic E-state index is 13.5. The molecule has 0 unspecified atom stereocenters. The topological polar surface area (TPSA) is 58.1 Å². The molecule has 3 aromatic rings. The van der Waals surface area contributed by atoms with Gasteiger partial charge in [-0.1, -0.05) is 18.2 Å². The summed E-state index contributed by atoms with van der Waals surface area (Å²) in [4.78, 5) is 24.5. The molecule has 1 amide bonds. The van der Waals surface area contributed by atoms with Crippen molar-refractivity contribution in [1.82, 2.24) is 20.2 Å². The standard InChI is InChI=1S/C23H24N4O.2ClH/c28-22(27-12-8-23(9-13-27)7-11-25-16-23)19-14-21(17-4-3-10-24-15-17)26-20-6-2-1-5-18(19)20;;/h1-6,10,14-15,25H,7-9,11-13,16H2;2*1H. The Morgan fingerprint density at radius 1 is 1.03 bits per heavy atom. The molecule has 0 aliphatic carbocycles. The van der Waals surface area contributed by atoms with Gasteiger partial charge >= 0.3 is 0 Å². The molecule has 158 valence electrons. The summed E-state index contributed by atoms with van der Waals surface area (Å²) in [5, 5.41) is 4.41. The second-order valence-electron chi connectivity index (χ2n) is 8.03. The molecule has 1 aromatic carbocycles. The minimum atomic E-state index is 0. The first-order valence-corrected chi connectivity index (χ1v) is 10.0. The third-order valence-electron chi connectivity index (χ3n) is 6.35. The van der Waals surface area contributed by atoms with E-state index in [9.17, 15) is 4.79 Å². The molecule has 0 saturated carbocycles. The van der Waals surface area contributed by atoms with E-state index in [0.717, 1.165) is 66.7 Å². The number of halogens is 2. The van der Waals surface area contributed by atoms with Crippen LogP contribution in [0.5, 0.6) is 0 Å². The van der Waals surface area contributed by atoms with Crippen LogP contribution in [0, 0.1) is 5.41 Å². The number of aromatic nitrogens is 2. The number of hydrogen-bond acceptors (Lipinski definition) is 4. The Bertz CT molecular complexity index is 1010. The van der Waals surface area contributed by atoms with Crippen molar-refractivity contribution in [2.75, 3.05) is 26.2 Å². The molecular weight excluding hydrogens is 419 g/mol. The molecular formula is C23H26Cl2N4O. The van der Waals surface area contributed by atoms with Crippen molar-refractivity contribution in [2.24, 2.45) is 5.41 Å². The van der Waals surface area contributed by atoms with E-state index in [1.807, 2.05) is 47.4 Å². The molecule has 4 heterocycles. The second kappa shape index (κ2) is 9.29. The zero-order valence-electron chi connectivity index (χ0n) is 16.7. The minimum absolute atomic E-state index is 0. The number of fused-ring (bicyclic) bond motifs is 1. The van der Waals surface area contributed by atoms with Gasteiger partial charge in [-0.2, -0.15) is 0 Å². The van der Waals surface area contributed by atoms with Crippen LogP contribution in [0.2, 0.25) is 0 Å². The van der Waals surface area contributed by atoms with E-state index >= 15 is 0 Å². The van der Waals surface area contributed by atoms with E-state index in [4.69, 9.17) is 4.98 Å². The lowest BCUT2D eigenvalue weighted by molar-refractivity contribution is 0.0609. The Kier molecular flexibility index (Phi) is 6.96. The summed E-state index contributed by atoms with van der Waals surface area (Å²) in [6, 6.07) is 13.7. The van der Waals surface area contributed by atoms with Gasteiger partial charge in [-0.25, -0.2) is 4.98 Å². The van der Waals surface area contributed by atoms with Crippen LogP contribution in [0.3, 0.4) is 0 Å². The molecule has 2 saturated heterocycles. The van der Waals surface area contributed by atoms with Crippen molar-refractivity contribution in [3.05, 3.63) is 60.4 Å². The number of rotatable bonds is 2. The van der Waals surface area contributed by atoms with Crippen molar-refractivity contribution in [2.45, 2.75) is 19.3 Å². The highest BCUT2D eigenvalue weighted by molar-refractivity contribution is 6.07. The van der Waals surface area contributed by atoms with Gasteiger partial charge in [-0.3, -0.25) is 9.78 Å². The van der Waals surface area contributed by atoms with Crippen LogP contribution in [-0.2, 0) is 0 Å². The van der Waals surface area contributed by atoms with Gasteiger partial charge in [0.05, 0.1) is 16.8 Å². The summed E-state index contributed by atoms with van der Waals surface area (Å²) in [7, 11) is 0. The molecule has 7 heteroatoms. The number of nitrogens with one attached hydrogen (secondary N) is 1. The summed E-state index contributed by atoms with van der Waals surface area (Å²) < 4.78 is 0. The predicted octanol–water partition coefficient (Wildman–Crippen LogP) is 4.36. The summed E-state index contributed by atoms with van der Waals surface area (Å²) in [6.45, 7) is 3.87. The Morgan fingerprint density at radius 2 is 1.83 bits per heavy atom. The first-order valence-electron chi connectivity index (χ1n) is 10.0. The molecule has 2 aromatic heterocycles. The fraction of sp³-hybridized carbons (Fsp3) is 0.348. The average Bonchev–Trinajstić information content (AvgIpc) is 3.21. The van der Waals surface area contributed by atoms with Crippen LogP contribution < -0.4 is 5.32 Å². The second-order valence-corrected chi connectivity index (χ2v) is 8.03. The average molecular weight is 445 g/mol. The number of hydrogen-bond donors (Lipinski definition) is 1. The number of nitrogens with zero attached hydrogens (tertiary/aromatic N) is 3. The van der Waals surface area contributed by atoms with E-state index in [0.29, 0.717) is 5.41 Å². The van der Waals surface area contributed by atoms with Gasteiger partial charge in [0.1, 0.15) is 0 Å². The molecule has 0 atom stereocenters. The quantitative estimate of drug-likeness (QED) is 0.637. The largest absolute Gasteiger partial charge is 0.339 e. The highest BCUT2D eigenvalue weighted by atomic mass is 35.5. The molecule has 5 nitrogen and oxygen atoms in total. The fourth-order valence-corrected chi connectivity index (χ4v) is 4.59. The fourth-order valence-electron chi connectivity index (χ4n) is 4.59. The smallest absolute Gasteiger partial charge is 0.254 e. The Balaban J connectivity index is 0.00000128.